The number of ether oxygens (including phenoxy) is 1. The van der Waals surface area contributed by atoms with Gasteiger partial charge < -0.3 is 9.84 Å². The van der Waals surface area contributed by atoms with E-state index in [1.54, 1.807) is 12.1 Å². The van der Waals surface area contributed by atoms with Crippen LogP contribution >= 0.6 is 23.2 Å². The molecular weight excluding hydrogens is 251 g/mol. The van der Waals surface area contributed by atoms with Crippen molar-refractivity contribution in [2.24, 2.45) is 0 Å². The Morgan fingerprint density at radius 2 is 2.12 bits per heavy atom. The smallest absolute Gasteiger partial charge is 0.303 e. The fourth-order valence-electron chi connectivity index (χ4n) is 1.42. The van der Waals surface area contributed by atoms with E-state index >= 15 is 0 Å². The average molecular weight is 263 g/mol. The first-order valence-electron chi connectivity index (χ1n) is 4.79. The molecule has 0 aliphatic rings. The molecule has 5 heteroatoms. The van der Waals surface area contributed by atoms with Crippen LogP contribution in [0.1, 0.15) is 18.4 Å². The molecule has 0 aliphatic carbocycles. The molecule has 1 aromatic carbocycles. The SMILES string of the molecule is COc1c(CCCC(=O)O)ccc(Cl)c1Cl. The Hall–Kier alpha value is -0.930. The molecule has 0 bridgehead atoms. The van der Waals surface area contributed by atoms with Crippen molar-refractivity contribution in [3.8, 4) is 5.75 Å². The van der Waals surface area contributed by atoms with Crippen LogP contribution in [0.3, 0.4) is 0 Å². The second-order valence-corrected chi connectivity index (χ2v) is 4.09. The number of carbonyl (C=O) groups is 1. The molecule has 16 heavy (non-hydrogen) atoms. The highest BCUT2D eigenvalue weighted by atomic mass is 35.5. The first-order chi connectivity index (χ1) is 7.56. The predicted molar refractivity (Wildman–Crippen MR) is 63.6 cm³/mol. The highest BCUT2D eigenvalue weighted by Crippen LogP contribution is 2.35. The van der Waals surface area contributed by atoms with Crippen LogP contribution in [-0.2, 0) is 11.2 Å². The average Bonchev–Trinajstić information content (AvgIpc) is 2.23. The summed E-state index contributed by atoms with van der Waals surface area (Å²) in [6, 6.07) is 3.48. The number of rotatable bonds is 5. The zero-order valence-electron chi connectivity index (χ0n) is 8.80. The Morgan fingerprint density at radius 1 is 1.44 bits per heavy atom. The van der Waals surface area contributed by atoms with Crippen LogP contribution in [0.5, 0.6) is 5.75 Å². The minimum atomic E-state index is -0.806. The number of hydrogen-bond acceptors (Lipinski definition) is 2. The fourth-order valence-corrected chi connectivity index (χ4v) is 1.83. The van der Waals surface area contributed by atoms with Crippen LogP contribution in [0.4, 0.5) is 0 Å². The van der Waals surface area contributed by atoms with E-state index in [0.29, 0.717) is 28.6 Å². The summed E-state index contributed by atoms with van der Waals surface area (Å²) < 4.78 is 5.15. The van der Waals surface area contributed by atoms with Gasteiger partial charge in [-0.05, 0) is 24.5 Å². The van der Waals surface area contributed by atoms with Gasteiger partial charge in [0.2, 0.25) is 0 Å². The predicted octanol–water partition coefficient (Wildman–Crippen LogP) is 3.41. The van der Waals surface area contributed by atoms with Crippen molar-refractivity contribution in [1.29, 1.82) is 0 Å². The topological polar surface area (TPSA) is 46.5 Å². The Morgan fingerprint density at radius 3 is 2.69 bits per heavy atom. The Balaban J connectivity index is 2.79. The van der Waals surface area contributed by atoms with Gasteiger partial charge in [-0.1, -0.05) is 29.3 Å². The Bertz CT molecular complexity index is 391. The summed E-state index contributed by atoms with van der Waals surface area (Å²) in [6.07, 6.45) is 1.28. The van der Waals surface area contributed by atoms with Crippen molar-refractivity contribution < 1.29 is 14.6 Å². The van der Waals surface area contributed by atoms with E-state index in [1.807, 2.05) is 0 Å². The standard InChI is InChI=1S/C11H12Cl2O3/c1-16-11-7(3-2-4-9(14)15)5-6-8(12)10(11)13/h5-6H,2-4H2,1H3,(H,14,15). The van der Waals surface area contributed by atoms with Crippen LogP contribution in [0.15, 0.2) is 12.1 Å². The molecule has 0 unspecified atom stereocenters. The van der Waals surface area contributed by atoms with E-state index in [1.165, 1.54) is 7.11 Å². The third-order valence-corrected chi connectivity index (χ3v) is 2.96. The largest absolute Gasteiger partial charge is 0.495 e. The Labute approximate surface area is 104 Å². The molecule has 1 N–H and O–H groups in total. The van der Waals surface area contributed by atoms with Crippen molar-refractivity contribution in [1.82, 2.24) is 0 Å². The summed E-state index contributed by atoms with van der Waals surface area (Å²) in [7, 11) is 1.51. The molecule has 0 amide bonds. The molecule has 0 saturated carbocycles. The van der Waals surface area contributed by atoms with Crippen molar-refractivity contribution in [3.05, 3.63) is 27.7 Å². The number of aliphatic carboxylic acids is 1. The number of methoxy groups -OCH3 is 1. The summed E-state index contributed by atoms with van der Waals surface area (Å²) >= 11 is 11.8. The molecule has 0 radical (unpaired) electrons. The minimum absolute atomic E-state index is 0.128. The molecule has 3 nitrogen and oxygen atoms in total. The lowest BCUT2D eigenvalue weighted by molar-refractivity contribution is -0.137. The van der Waals surface area contributed by atoms with Gasteiger partial charge in [0.25, 0.3) is 0 Å². The van der Waals surface area contributed by atoms with Gasteiger partial charge in [0.1, 0.15) is 10.8 Å². The maximum absolute atomic E-state index is 10.4. The fraction of sp³-hybridized carbons (Fsp3) is 0.364. The number of carboxylic acid groups (broad SMARTS) is 1. The van der Waals surface area contributed by atoms with Gasteiger partial charge in [-0.2, -0.15) is 0 Å². The summed E-state index contributed by atoms with van der Waals surface area (Å²) in [5.74, 6) is -0.279. The molecule has 0 atom stereocenters. The molecule has 0 aromatic heterocycles. The van der Waals surface area contributed by atoms with E-state index in [9.17, 15) is 4.79 Å². The maximum atomic E-state index is 10.4. The van der Waals surface area contributed by atoms with Gasteiger partial charge in [0.15, 0.2) is 0 Å². The number of hydrogen-bond donors (Lipinski definition) is 1. The molecular formula is C11H12Cl2O3. The number of carboxylic acids is 1. The molecule has 0 spiro atoms. The normalized spacial score (nSPS) is 10.2. The van der Waals surface area contributed by atoms with E-state index in [0.717, 1.165) is 5.56 Å². The molecule has 0 aliphatic heterocycles. The van der Waals surface area contributed by atoms with Gasteiger partial charge in [0, 0.05) is 6.42 Å². The van der Waals surface area contributed by atoms with Crippen LogP contribution < -0.4 is 4.74 Å². The van der Waals surface area contributed by atoms with Gasteiger partial charge in [-0.3, -0.25) is 4.79 Å². The molecule has 88 valence electrons. The van der Waals surface area contributed by atoms with Gasteiger partial charge >= 0.3 is 5.97 Å². The number of halogens is 2. The quantitative estimate of drug-likeness (QED) is 0.885. The van der Waals surface area contributed by atoms with Crippen molar-refractivity contribution in [2.45, 2.75) is 19.3 Å². The second-order valence-electron chi connectivity index (χ2n) is 3.30. The van der Waals surface area contributed by atoms with Crippen molar-refractivity contribution >= 4 is 29.2 Å². The van der Waals surface area contributed by atoms with E-state index in [-0.39, 0.29) is 6.42 Å². The minimum Gasteiger partial charge on any atom is -0.495 e. The molecule has 0 saturated heterocycles. The zero-order valence-corrected chi connectivity index (χ0v) is 10.3. The lowest BCUT2D eigenvalue weighted by atomic mass is 10.1. The van der Waals surface area contributed by atoms with Gasteiger partial charge in [0.05, 0.1) is 12.1 Å². The van der Waals surface area contributed by atoms with E-state index < -0.39 is 5.97 Å². The summed E-state index contributed by atoms with van der Waals surface area (Å²) in [6.45, 7) is 0. The zero-order chi connectivity index (χ0) is 12.1. The first kappa shape index (κ1) is 13.1. The van der Waals surface area contributed by atoms with Crippen LogP contribution in [0.25, 0.3) is 0 Å². The lowest BCUT2D eigenvalue weighted by Crippen LogP contribution is -1.98. The van der Waals surface area contributed by atoms with Crippen LogP contribution in [0.2, 0.25) is 10.0 Å². The summed E-state index contributed by atoms with van der Waals surface area (Å²) in [4.78, 5) is 10.4. The number of aryl methyl sites for hydroxylation is 1. The van der Waals surface area contributed by atoms with Crippen molar-refractivity contribution in [2.75, 3.05) is 7.11 Å². The molecule has 1 rings (SSSR count). The maximum Gasteiger partial charge on any atom is 0.303 e. The highest BCUT2D eigenvalue weighted by Gasteiger charge is 2.11. The van der Waals surface area contributed by atoms with Crippen LogP contribution in [0, 0.1) is 0 Å². The third-order valence-electron chi connectivity index (χ3n) is 2.17. The molecule has 0 fully saturated rings. The molecule has 1 aromatic rings. The first-order valence-corrected chi connectivity index (χ1v) is 5.54. The monoisotopic (exact) mass is 262 g/mol. The Kier molecular flexibility index (Phi) is 4.90. The van der Waals surface area contributed by atoms with E-state index in [4.69, 9.17) is 33.0 Å². The summed E-state index contributed by atoms with van der Waals surface area (Å²) in [5, 5.41) is 9.34. The van der Waals surface area contributed by atoms with Crippen molar-refractivity contribution in [3.63, 3.8) is 0 Å². The molecule has 0 heterocycles. The van der Waals surface area contributed by atoms with Crippen LogP contribution in [-0.4, -0.2) is 18.2 Å². The number of benzene rings is 1. The lowest BCUT2D eigenvalue weighted by Gasteiger charge is -2.10. The second kappa shape index (κ2) is 5.97. The van der Waals surface area contributed by atoms with Gasteiger partial charge in [-0.25, -0.2) is 0 Å². The van der Waals surface area contributed by atoms with E-state index in [2.05, 4.69) is 0 Å². The third kappa shape index (κ3) is 3.29. The van der Waals surface area contributed by atoms with Gasteiger partial charge in [-0.15, -0.1) is 0 Å². The summed E-state index contributed by atoms with van der Waals surface area (Å²) in [5.41, 5.74) is 0.873. The highest BCUT2D eigenvalue weighted by molar-refractivity contribution is 6.43.